The monoisotopic (exact) mass is 259 g/mol. The van der Waals surface area contributed by atoms with Gasteiger partial charge in [-0.15, -0.1) is 0 Å². The molecule has 102 valence electrons. The number of aryl methyl sites for hydroxylation is 1. The molecule has 0 amide bonds. The molecule has 0 bridgehead atoms. The van der Waals surface area contributed by atoms with Gasteiger partial charge in [0.1, 0.15) is 11.5 Å². The van der Waals surface area contributed by atoms with Crippen LogP contribution in [0, 0.1) is 18.3 Å². The van der Waals surface area contributed by atoms with Crippen molar-refractivity contribution in [1.29, 1.82) is 5.41 Å². The Labute approximate surface area is 113 Å². The summed E-state index contributed by atoms with van der Waals surface area (Å²) >= 11 is 0. The van der Waals surface area contributed by atoms with E-state index < -0.39 is 0 Å². The molecule has 1 aromatic heterocycles. The lowest BCUT2D eigenvalue weighted by atomic mass is 9.92. The number of amidine groups is 1. The minimum Gasteiger partial charge on any atom is -0.382 e. The number of aromatic nitrogens is 2. The van der Waals surface area contributed by atoms with E-state index in [1.165, 1.54) is 32.1 Å². The molecule has 2 atom stereocenters. The number of nitrogens with zero attached hydrogens (tertiary/aromatic N) is 3. The molecule has 1 saturated heterocycles. The number of nitrogens with one attached hydrogen (secondary N) is 1. The Balaban J connectivity index is 1.94. The highest BCUT2D eigenvalue weighted by Gasteiger charge is 2.36. The van der Waals surface area contributed by atoms with E-state index in [9.17, 15) is 0 Å². The maximum absolute atomic E-state index is 7.56. The number of fused-ring (bicyclic) bond motifs is 1. The van der Waals surface area contributed by atoms with Crippen LogP contribution in [0.2, 0.25) is 0 Å². The number of rotatable bonds is 2. The molecular weight excluding hydrogens is 238 g/mol. The van der Waals surface area contributed by atoms with Gasteiger partial charge < -0.3 is 10.6 Å². The van der Waals surface area contributed by atoms with Crippen molar-refractivity contribution in [2.75, 3.05) is 11.4 Å². The van der Waals surface area contributed by atoms with Crippen LogP contribution in [-0.2, 0) is 0 Å². The van der Waals surface area contributed by atoms with E-state index >= 15 is 0 Å². The summed E-state index contributed by atoms with van der Waals surface area (Å²) in [5, 5.41) is 7.56. The first-order valence-electron chi connectivity index (χ1n) is 7.12. The molecule has 3 N–H and O–H groups in total. The van der Waals surface area contributed by atoms with Crippen LogP contribution in [0.1, 0.15) is 43.5 Å². The second kappa shape index (κ2) is 4.79. The molecule has 0 aromatic carbocycles. The van der Waals surface area contributed by atoms with Gasteiger partial charge >= 0.3 is 0 Å². The van der Waals surface area contributed by atoms with Crippen LogP contribution < -0.4 is 10.6 Å². The number of anilines is 1. The van der Waals surface area contributed by atoms with Crippen molar-refractivity contribution >= 4 is 11.8 Å². The van der Waals surface area contributed by atoms with E-state index in [0.29, 0.717) is 11.7 Å². The van der Waals surface area contributed by atoms with Crippen molar-refractivity contribution in [3.63, 3.8) is 0 Å². The predicted molar refractivity (Wildman–Crippen MR) is 75.5 cm³/mol. The number of hydrogen-bond donors (Lipinski definition) is 2. The Morgan fingerprint density at radius 1 is 1.32 bits per heavy atom. The van der Waals surface area contributed by atoms with Gasteiger partial charge in [0.2, 0.25) is 5.95 Å². The Kier molecular flexibility index (Phi) is 3.12. The zero-order valence-corrected chi connectivity index (χ0v) is 11.4. The molecule has 1 aliphatic carbocycles. The second-order valence-electron chi connectivity index (χ2n) is 5.70. The van der Waals surface area contributed by atoms with Crippen LogP contribution in [0.4, 0.5) is 5.95 Å². The van der Waals surface area contributed by atoms with Crippen LogP contribution in [-0.4, -0.2) is 28.4 Å². The van der Waals surface area contributed by atoms with Crippen molar-refractivity contribution in [3.8, 4) is 0 Å². The molecule has 2 unspecified atom stereocenters. The third-order valence-electron chi connectivity index (χ3n) is 4.37. The van der Waals surface area contributed by atoms with Gasteiger partial charge in [-0.2, -0.15) is 0 Å². The van der Waals surface area contributed by atoms with Crippen LogP contribution in [0.25, 0.3) is 0 Å². The molecule has 19 heavy (non-hydrogen) atoms. The summed E-state index contributed by atoms with van der Waals surface area (Å²) in [7, 11) is 0. The highest BCUT2D eigenvalue weighted by molar-refractivity contribution is 5.93. The maximum atomic E-state index is 7.56. The third kappa shape index (κ3) is 2.29. The summed E-state index contributed by atoms with van der Waals surface area (Å²) < 4.78 is 0. The van der Waals surface area contributed by atoms with E-state index in [4.69, 9.17) is 11.1 Å². The molecule has 1 saturated carbocycles. The molecule has 1 aromatic rings. The fraction of sp³-hybridized carbons (Fsp3) is 0.643. The highest BCUT2D eigenvalue weighted by Crippen LogP contribution is 2.38. The van der Waals surface area contributed by atoms with E-state index in [0.717, 1.165) is 24.1 Å². The molecular formula is C14H21N5. The summed E-state index contributed by atoms with van der Waals surface area (Å²) in [6.45, 7) is 2.97. The Hall–Kier alpha value is -1.65. The molecule has 3 rings (SSSR count). The van der Waals surface area contributed by atoms with Gasteiger partial charge in [0.25, 0.3) is 0 Å². The second-order valence-corrected chi connectivity index (χ2v) is 5.70. The lowest BCUT2D eigenvalue weighted by molar-refractivity contribution is 0.358. The summed E-state index contributed by atoms with van der Waals surface area (Å²) in [6.07, 6.45) is 6.46. The quantitative estimate of drug-likeness (QED) is 0.627. The molecule has 2 aliphatic rings. The molecule has 5 heteroatoms. The summed E-state index contributed by atoms with van der Waals surface area (Å²) in [6, 6.07) is 2.37. The third-order valence-corrected chi connectivity index (χ3v) is 4.37. The van der Waals surface area contributed by atoms with Crippen molar-refractivity contribution in [3.05, 3.63) is 17.5 Å². The topological polar surface area (TPSA) is 78.9 Å². The van der Waals surface area contributed by atoms with E-state index in [2.05, 4.69) is 14.9 Å². The van der Waals surface area contributed by atoms with Crippen molar-refractivity contribution in [2.24, 2.45) is 11.7 Å². The minimum atomic E-state index is 0.0201. The average molecular weight is 259 g/mol. The number of nitrogen functional groups attached to an aromatic ring is 1. The minimum absolute atomic E-state index is 0.0201. The SMILES string of the molecule is Cc1cc(C(=N)N)nc(N2CCCC3CCCC32)n1. The maximum Gasteiger partial charge on any atom is 0.226 e. The van der Waals surface area contributed by atoms with Gasteiger partial charge in [0.05, 0.1) is 0 Å². The van der Waals surface area contributed by atoms with Gasteiger partial charge in [0.15, 0.2) is 0 Å². The van der Waals surface area contributed by atoms with Gasteiger partial charge in [-0.1, -0.05) is 6.42 Å². The number of nitrogens with two attached hydrogens (primary N) is 1. The van der Waals surface area contributed by atoms with Crippen LogP contribution in [0.5, 0.6) is 0 Å². The zero-order chi connectivity index (χ0) is 13.4. The molecule has 2 fully saturated rings. The van der Waals surface area contributed by atoms with Gasteiger partial charge in [-0.3, -0.25) is 5.41 Å². The lowest BCUT2D eigenvalue weighted by Gasteiger charge is -2.38. The van der Waals surface area contributed by atoms with Gasteiger partial charge in [0, 0.05) is 18.3 Å². The fourth-order valence-corrected chi connectivity index (χ4v) is 3.52. The fourth-order valence-electron chi connectivity index (χ4n) is 3.52. The van der Waals surface area contributed by atoms with E-state index in [-0.39, 0.29) is 5.84 Å². The van der Waals surface area contributed by atoms with E-state index in [1.807, 2.05) is 6.92 Å². The highest BCUT2D eigenvalue weighted by atomic mass is 15.3. The molecule has 1 aliphatic heterocycles. The van der Waals surface area contributed by atoms with Crippen molar-refractivity contribution in [2.45, 2.75) is 45.1 Å². The standard InChI is InChI=1S/C14H21N5/c1-9-8-11(13(15)16)18-14(17-9)19-7-3-5-10-4-2-6-12(10)19/h8,10,12H,2-7H2,1H3,(H3,15,16). The first-order valence-corrected chi connectivity index (χ1v) is 7.12. The first-order chi connectivity index (χ1) is 9.15. The van der Waals surface area contributed by atoms with Crippen LogP contribution in [0.3, 0.4) is 0 Å². The largest absolute Gasteiger partial charge is 0.382 e. The average Bonchev–Trinajstić information content (AvgIpc) is 2.85. The van der Waals surface area contributed by atoms with Crippen LogP contribution >= 0.6 is 0 Å². The number of hydrogen-bond acceptors (Lipinski definition) is 4. The first kappa shape index (κ1) is 12.4. The Bertz CT molecular complexity index is 499. The zero-order valence-electron chi connectivity index (χ0n) is 11.4. The molecule has 0 radical (unpaired) electrons. The smallest absolute Gasteiger partial charge is 0.226 e. The molecule has 2 heterocycles. The summed E-state index contributed by atoms with van der Waals surface area (Å²) in [5.74, 6) is 1.59. The van der Waals surface area contributed by atoms with Crippen molar-refractivity contribution < 1.29 is 0 Å². The lowest BCUT2D eigenvalue weighted by Crippen LogP contribution is -2.43. The summed E-state index contributed by atoms with van der Waals surface area (Å²) in [4.78, 5) is 11.4. The molecule has 0 spiro atoms. The Morgan fingerprint density at radius 2 is 2.11 bits per heavy atom. The van der Waals surface area contributed by atoms with Gasteiger partial charge in [-0.05, 0) is 44.6 Å². The number of piperidine rings is 1. The van der Waals surface area contributed by atoms with Crippen molar-refractivity contribution in [1.82, 2.24) is 9.97 Å². The van der Waals surface area contributed by atoms with Crippen LogP contribution in [0.15, 0.2) is 6.07 Å². The normalized spacial score (nSPS) is 26.3. The molecule has 5 nitrogen and oxygen atoms in total. The Morgan fingerprint density at radius 3 is 2.89 bits per heavy atom. The summed E-state index contributed by atoms with van der Waals surface area (Å²) in [5.41, 5.74) is 6.99. The van der Waals surface area contributed by atoms with Gasteiger partial charge in [-0.25, -0.2) is 9.97 Å². The van der Waals surface area contributed by atoms with E-state index in [1.54, 1.807) is 6.07 Å². The predicted octanol–water partition coefficient (Wildman–Crippen LogP) is 1.84.